The number of hydrogen-bond donors (Lipinski definition) is 1. The van der Waals surface area contributed by atoms with Crippen molar-refractivity contribution in [2.45, 2.75) is 30.4 Å². The first kappa shape index (κ1) is 14.5. The summed E-state index contributed by atoms with van der Waals surface area (Å²) in [5.74, 6) is 0. The van der Waals surface area contributed by atoms with Gasteiger partial charge in [-0.25, -0.2) is 13.1 Å². The standard InChI is InChI=1S/C12H19NO2S2/c1-10(2)16-12-6-4-11(5-7-12)8-9-13-17(3,14)15/h4-7,10,13H,8-9H2,1-3H3. The molecule has 1 N–H and O–H groups in total. The lowest BCUT2D eigenvalue weighted by atomic mass is 10.2. The average Bonchev–Trinajstić information content (AvgIpc) is 2.18. The fraction of sp³-hybridized carbons (Fsp3) is 0.500. The molecule has 5 heteroatoms. The second-order valence-electron chi connectivity index (χ2n) is 4.23. The molecular formula is C12H19NO2S2. The first-order valence-corrected chi connectivity index (χ1v) is 8.34. The molecular weight excluding hydrogens is 254 g/mol. The molecule has 0 unspecified atom stereocenters. The number of sulfonamides is 1. The van der Waals surface area contributed by atoms with Gasteiger partial charge in [-0.15, -0.1) is 11.8 Å². The zero-order valence-corrected chi connectivity index (χ0v) is 12.1. The van der Waals surface area contributed by atoms with E-state index in [-0.39, 0.29) is 0 Å². The smallest absolute Gasteiger partial charge is 0.208 e. The molecule has 0 radical (unpaired) electrons. The first-order valence-electron chi connectivity index (χ1n) is 5.57. The molecule has 96 valence electrons. The molecule has 0 heterocycles. The van der Waals surface area contributed by atoms with Gasteiger partial charge in [-0.05, 0) is 24.1 Å². The number of nitrogens with one attached hydrogen (secondary N) is 1. The molecule has 1 aromatic carbocycles. The molecule has 0 aliphatic rings. The van der Waals surface area contributed by atoms with Crippen LogP contribution in [0.25, 0.3) is 0 Å². The second-order valence-corrected chi connectivity index (χ2v) is 7.71. The van der Waals surface area contributed by atoms with Crippen LogP contribution in [-0.2, 0) is 16.4 Å². The highest BCUT2D eigenvalue weighted by Gasteiger charge is 2.01. The third kappa shape index (κ3) is 6.71. The van der Waals surface area contributed by atoms with Crippen LogP contribution in [0.2, 0.25) is 0 Å². The lowest BCUT2D eigenvalue weighted by Crippen LogP contribution is -2.24. The summed E-state index contributed by atoms with van der Waals surface area (Å²) in [4.78, 5) is 1.25. The molecule has 0 aliphatic heterocycles. The van der Waals surface area contributed by atoms with Gasteiger partial charge in [0, 0.05) is 16.7 Å². The monoisotopic (exact) mass is 273 g/mol. The summed E-state index contributed by atoms with van der Waals surface area (Å²) in [5, 5.41) is 0.577. The van der Waals surface area contributed by atoms with Crippen molar-refractivity contribution in [2.75, 3.05) is 12.8 Å². The molecule has 0 atom stereocenters. The minimum Gasteiger partial charge on any atom is -0.215 e. The van der Waals surface area contributed by atoms with Gasteiger partial charge in [0.1, 0.15) is 0 Å². The summed E-state index contributed by atoms with van der Waals surface area (Å²) in [6, 6.07) is 8.27. The normalized spacial score (nSPS) is 12.0. The molecule has 3 nitrogen and oxygen atoms in total. The zero-order chi connectivity index (χ0) is 12.9. The van der Waals surface area contributed by atoms with Crippen LogP contribution in [0.15, 0.2) is 29.2 Å². The highest BCUT2D eigenvalue weighted by molar-refractivity contribution is 7.99. The fourth-order valence-corrected chi connectivity index (χ4v) is 2.70. The Kier molecular flexibility index (Phi) is 5.49. The van der Waals surface area contributed by atoms with E-state index in [1.807, 2.05) is 11.8 Å². The van der Waals surface area contributed by atoms with Gasteiger partial charge in [0.25, 0.3) is 0 Å². The lowest BCUT2D eigenvalue weighted by molar-refractivity contribution is 0.588. The Morgan fingerprint density at radius 1 is 1.24 bits per heavy atom. The van der Waals surface area contributed by atoms with E-state index in [0.717, 1.165) is 12.0 Å². The maximum atomic E-state index is 10.9. The molecule has 1 aromatic rings. The van der Waals surface area contributed by atoms with E-state index < -0.39 is 10.0 Å². The summed E-state index contributed by atoms with van der Waals surface area (Å²) in [7, 11) is -3.07. The van der Waals surface area contributed by atoms with Gasteiger partial charge in [-0.2, -0.15) is 0 Å². The van der Waals surface area contributed by atoms with Crippen molar-refractivity contribution < 1.29 is 8.42 Å². The van der Waals surface area contributed by atoms with Gasteiger partial charge in [-0.3, -0.25) is 0 Å². The second kappa shape index (κ2) is 6.42. The van der Waals surface area contributed by atoms with Gasteiger partial charge in [-0.1, -0.05) is 26.0 Å². The van der Waals surface area contributed by atoms with Crippen LogP contribution in [0, 0.1) is 0 Å². The minimum absolute atomic E-state index is 0.454. The van der Waals surface area contributed by atoms with Crippen LogP contribution >= 0.6 is 11.8 Å². The Balaban J connectivity index is 2.46. The molecule has 0 aromatic heterocycles. The average molecular weight is 273 g/mol. The molecule has 0 fully saturated rings. The van der Waals surface area contributed by atoms with Crippen molar-refractivity contribution in [3.05, 3.63) is 29.8 Å². The molecule has 0 saturated carbocycles. The highest BCUT2D eigenvalue weighted by Crippen LogP contribution is 2.22. The van der Waals surface area contributed by atoms with Crippen LogP contribution in [0.5, 0.6) is 0 Å². The molecule has 1 rings (SSSR count). The molecule has 0 aliphatic carbocycles. The third-order valence-electron chi connectivity index (χ3n) is 2.07. The van der Waals surface area contributed by atoms with E-state index in [2.05, 4.69) is 42.8 Å². The predicted octanol–water partition coefficient (Wildman–Crippen LogP) is 2.28. The number of benzene rings is 1. The molecule has 0 bridgehead atoms. The Morgan fingerprint density at radius 3 is 2.29 bits per heavy atom. The Labute approximate surface area is 108 Å². The van der Waals surface area contributed by atoms with Crippen molar-refractivity contribution in [1.82, 2.24) is 4.72 Å². The van der Waals surface area contributed by atoms with Crippen LogP contribution in [0.3, 0.4) is 0 Å². The number of thioether (sulfide) groups is 1. The van der Waals surface area contributed by atoms with Crippen molar-refractivity contribution in [3.63, 3.8) is 0 Å². The maximum absolute atomic E-state index is 10.9. The van der Waals surface area contributed by atoms with Crippen LogP contribution in [0.1, 0.15) is 19.4 Å². The van der Waals surface area contributed by atoms with E-state index in [1.165, 1.54) is 11.2 Å². The van der Waals surface area contributed by atoms with E-state index in [1.54, 1.807) is 0 Å². The van der Waals surface area contributed by atoms with Crippen molar-refractivity contribution in [1.29, 1.82) is 0 Å². The summed E-state index contributed by atoms with van der Waals surface area (Å²) in [6.07, 6.45) is 1.90. The van der Waals surface area contributed by atoms with Crippen molar-refractivity contribution in [2.24, 2.45) is 0 Å². The summed E-state index contributed by atoms with van der Waals surface area (Å²) in [6.45, 7) is 4.78. The predicted molar refractivity (Wildman–Crippen MR) is 74.0 cm³/mol. The first-order chi connectivity index (χ1) is 7.87. The van der Waals surface area contributed by atoms with Gasteiger partial charge in [0.05, 0.1) is 6.26 Å². The minimum atomic E-state index is -3.07. The number of rotatable bonds is 6. The van der Waals surface area contributed by atoms with Crippen molar-refractivity contribution >= 4 is 21.8 Å². The van der Waals surface area contributed by atoms with Gasteiger partial charge >= 0.3 is 0 Å². The third-order valence-corrected chi connectivity index (χ3v) is 3.82. The Bertz CT molecular complexity index is 438. The van der Waals surface area contributed by atoms with Crippen LogP contribution in [0.4, 0.5) is 0 Å². The van der Waals surface area contributed by atoms with Crippen molar-refractivity contribution in [3.8, 4) is 0 Å². The van der Waals surface area contributed by atoms with Gasteiger partial charge < -0.3 is 0 Å². The largest absolute Gasteiger partial charge is 0.215 e. The van der Waals surface area contributed by atoms with E-state index in [0.29, 0.717) is 11.8 Å². The fourth-order valence-electron chi connectivity index (χ4n) is 1.39. The summed E-state index contributed by atoms with van der Waals surface area (Å²) in [5.41, 5.74) is 1.15. The van der Waals surface area contributed by atoms with E-state index >= 15 is 0 Å². The Hall–Kier alpha value is -0.520. The molecule has 0 amide bonds. The SMILES string of the molecule is CC(C)Sc1ccc(CCNS(C)(=O)=O)cc1. The summed E-state index contributed by atoms with van der Waals surface area (Å²) >= 11 is 1.82. The van der Waals surface area contributed by atoms with E-state index in [4.69, 9.17) is 0 Å². The van der Waals surface area contributed by atoms with Crippen LogP contribution in [-0.4, -0.2) is 26.5 Å². The van der Waals surface area contributed by atoms with Crippen LogP contribution < -0.4 is 4.72 Å². The van der Waals surface area contributed by atoms with E-state index in [9.17, 15) is 8.42 Å². The maximum Gasteiger partial charge on any atom is 0.208 e. The topological polar surface area (TPSA) is 46.2 Å². The highest BCUT2D eigenvalue weighted by atomic mass is 32.2. The van der Waals surface area contributed by atoms with Gasteiger partial charge in [0.2, 0.25) is 10.0 Å². The quantitative estimate of drug-likeness (QED) is 0.809. The molecule has 17 heavy (non-hydrogen) atoms. The summed E-state index contributed by atoms with van der Waals surface area (Å²) < 4.78 is 24.2. The molecule has 0 spiro atoms. The molecule has 0 saturated heterocycles. The number of hydrogen-bond acceptors (Lipinski definition) is 3. The van der Waals surface area contributed by atoms with Gasteiger partial charge in [0.15, 0.2) is 0 Å². The zero-order valence-electron chi connectivity index (χ0n) is 10.4. The lowest BCUT2D eigenvalue weighted by Gasteiger charge is -2.06. The Morgan fingerprint density at radius 2 is 1.82 bits per heavy atom.